The van der Waals surface area contributed by atoms with Crippen LogP contribution in [0.4, 0.5) is 13.2 Å². The fourth-order valence-corrected chi connectivity index (χ4v) is 2.94. The van der Waals surface area contributed by atoms with E-state index in [-0.39, 0.29) is 19.7 Å². The predicted molar refractivity (Wildman–Crippen MR) is 77.6 cm³/mol. The molecule has 1 N–H and O–H groups in total. The summed E-state index contributed by atoms with van der Waals surface area (Å²) in [5, 5.41) is 9.14. The number of aliphatic hydroxyl groups is 1. The molecule has 0 amide bonds. The molecule has 1 aliphatic heterocycles. The molecule has 2 atom stereocenters. The second-order valence-electron chi connectivity index (χ2n) is 5.53. The topological polar surface area (TPSA) is 32.7 Å². The standard InChI is InChI=1S/C16H22F3NO2/c17-16(18,19)15(14-7-4-12-22-14)20(10-11-21)9-8-13-5-2-1-3-6-13/h1-3,5-6,14-15,21H,4,7-12H2. The van der Waals surface area contributed by atoms with Gasteiger partial charge in [0.25, 0.3) is 0 Å². The summed E-state index contributed by atoms with van der Waals surface area (Å²) in [5.41, 5.74) is 0.985. The van der Waals surface area contributed by atoms with E-state index in [1.807, 2.05) is 30.3 Å². The molecule has 6 heteroatoms. The fourth-order valence-electron chi connectivity index (χ4n) is 2.94. The van der Waals surface area contributed by atoms with Gasteiger partial charge >= 0.3 is 6.18 Å². The number of hydrogen-bond acceptors (Lipinski definition) is 3. The Bertz CT molecular complexity index is 433. The van der Waals surface area contributed by atoms with Crippen LogP contribution in [0, 0.1) is 0 Å². The number of aliphatic hydroxyl groups excluding tert-OH is 1. The van der Waals surface area contributed by atoms with Crippen LogP contribution in [0.25, 0.3) is 0 Å². The minimum atomic E-state index is -4.36. The Morgan fingerprint density at radius 2 is 1.95 bits per heavy atom. The van der Waals surface area contributed by atoms with Gasteiger partial charge in [-0.3, -0.25) is 4.90 Å². The van der Waals surface area contributed by atoms with E-state index in [1.165, 1.54) is 4.90 Å². The average molecular weight is 317 g/mol. The lowest BCUT2D eigenvalue weighted by molar-refractivity contribution is -0.210. The van der Waals surface area contributed by atoms with Gasteiger partial charge in [-0.2, -0.15) is 13.2 Å². The first-order chi connectivity index (χ1) is 10.5. The highest BCUT2D eigenvalue weighted by Gasteiger charge is 2.49. The van der Waals surface area contributed by atoms with E-state index < -0.39 is 18.3 Å². The molecular formula is C16H22F3NO2. The van der Waals surface area contributed by atoms with Crippen LogP contribution in [0.3, 0.4) is 0 Å². The quantitative estimate of drug-likeness (QED) is 0.839. The lowest BCUT2D eigenvalue weighted by atomic mass is 10.0. The number of nitrogens with zero attached hydrogens (tertiary/aromatic N) is 1. The number of rotatable bonds is 7. The summed E-state index contributed by atoms with van der Waals surface area (Å²) >= 11 is 0. The molecule has 22 heavy (non-hydrogen) atoms. The van der Waals surface area contributed by atoms with Crippen molar-refractivity contribution in [1.29, 1.82) is 0 Å². The maximum absolute atomic E-state index is 13.5. The molecule has 1 fully saturated rings. The van der Waals surface area contributed by atoms with Crippen LogP contribution in [0.15, 0.2) is 30.3 Å². The summed E-state index contributed by atoms with van der Waals surface area (Å²) < 4.78 is 45.7. The summed E-state index contributed by atoms with van der Waals surface area (Å²) in [6.45, 7) is 0.322. The van der Waals surface area contributed by atoms with E-state index in [2.05, 4.69) is 0 Å². The van der Waals surface area contributed by atoms with Gasteiger partial charge in [-0.25, -0.2) is 0 Å². The lowest BCUT2D eigenvalue weighted by Gasteiger charge is -2.36. The maximum atomic E-state index is 13.5. The van der Waals surface area contributed by atoms with Crippen molar-refractivity contribution in [2.45, 2.75) is 37.6 Å². The highest BCUT2D eigenvalue weighted by atomic mass is 19.4. The van der Waals surface area contributed by atoms with Gasteiger partial charge in [0.15, 0.2) is 0 Å². The van der Waals surface area contributed by atoms with Crippen LogP contribution >= 0.6 is 0 Å². The summed E-state index contributed by atoms with van der Waals surface area (Å²) in [6.07, 6.45) is -3.61. The van der Waals surface area contributed by atoms with Gasteiger partial charge in [-0.15, -0.1) is 0 Å². The van der Waals surface area contributed by atoms with Crippen molar-refractivity contribution >= 4 is 0 Å². The van der Waals surface area contributed by atoms with Gasteiger partial charge in [0, 0.05) is 19.7 Å². The highest BCUT2D eigenvalue weighted by molar-refractivity contribution is 5.15. The molecule has 0 aliphatic carbocycles. The van der Waals surface area contributed by atoms with Crippen LogP contribution in [0.5, 0.6) is 0 Å². The van der Waals surface area contributed by atoms with Gasteiger partial charge in [0.05, 0.1) is 12.7 Å². The summed E-state index contributed by atoms with van der Waals surface area (Å²) in [5.74, 6) is 0. The van der Waals surface area contributed by atoms with Crippen molar-refractivity contribution in [3.63, 3.8) is 0 Å². The molecule has 0 radical (unpaired) electrons. The van der Waals surface area contributed by atoms with E-state index in [0.29, 0.717) is 25.9 Å². The van der Waals surface area contributed by atoms with Crippen LogP contribution < -0.4 is 0 Å². The van der Waals surface area contributed by atoms with E-state index >= 15 is 0 Å². The first-order valence-corrected chi connectivity index (χ1v) is 7.59. The lowest BCUT2D eigenvalue weighted by Crippen LogP contribution is -2.54. The molecule has 1 heterocycles. The number of benzene rings is 1. The molecule has 1 aromatic rings. The number of ether oxygens (including phenoxy) is 1. The molecule has 1 aromatic carbocycles. The molecule has 2 rings (SSSR count). The Kier molecular flexibility index (Phi) is 6.23. The Morgan fingerprint density at radius 3 is 2.50 bits per heavy atom. The third-order valence-corrected chi connectivity index (χ3v) is 3.96. The third-order valence-electron chi connectivity index (χ3n) is 3.96. The first-order valence-electron chi connectivity index (χ1n) is 7.59. The normalized spacial score (nSPS) is 20.5. The number of hydrogen-bond donors (Lipinski definition) is 1. The predicted octanol–water partition coefficient (Wildman–Crippen LogP) is 2.63. The second-order valence-corrected chi connectivity index (χ2v) is 5.53. The zero-order valence-corrected chi connectivity index (χ0v) is 12.4. The van der Waals surface area contributed by atoms with Crippen molar-refractivity contribution in [3.8, 4) is 0 Å². The first kappa shape index (κ1) is 17.2. The average Bonchev–Trinajstić information content (AvgIpc) is 2.98. The monoisotopic (exact) mass is 317 g/mol. The zero-order chi connectivity index (χ0) is 16.0. The number of halogens is 3. The van der Waals surface area contributed by atoms with E-state index in [4.69, 9.17) is 9.84 Å². The molecule has 1 aliphatic rings. The molecule has 0 saturated carbocycles. The smallest absolute Gasteiger partial charge is 0.395 e. The van der Waals surface area contributed by atoms with Gasteiger partial charge in [-0.05, 0) is 24.8 Å². The van der Waals surface area contributed by atoms with Gasteiger partial charge in [0.1, 0.15) is 6.04 Å². The van der Waals surface area contributed by atoms with Gasteiger partial charge in [-0.1, -0.05) is 30.3 Å². The Labute approximate surface area is 128 Å². The minimum Gasteiger partial charge on any atom is -0.395 e. The maximum Gasteiger partial charge on any atom is 0.406 e. The highest BCUT2D eigenvalue weighted by Crippen LogP contribution is 2.32. The molecule has 2 unspecified atom stereocenters. The zero-order valence-electron chi connectivity index (χ0n) is 12.4. The van der Waals surface area contributed by atoms with E-state index in [1.54, 1.807) is 0 Å². The Balaban J connectivity index is 2.08. The molecule has 1 saturated heterocycles. The largest absolute Gasteiger partial charge is 0.406 e. The molecule has 3 nitrogen and oxygen atoms in total. The summed E-state index contributed by atoms with van der Waals surface area (Å²) in [7, 11) is 0. The van der Waals surface area contributed by atoms with Crippen molar-refractivity contribution in [3.05, 3.63) is 35.9 Å². The molecule has 124 valence electrons. The molecule has 0 aromatic heterocycles. The molecule has 0 bridgehead atoms. The fraction of sp³-hybridized carbons (Fsp3) is 0.625. The summed E-state index contributed by atoms with van der Waals surface area (Å²) in [4.78, 5) is 1.31. The molecule has 0 spiro atoms. The number of alkyl halides is 3. The van der Waals surface area contributed by atoms with Gasteiger partial charge < -0.3 is 9.84 Å². The second kappa shape index (κ2) is 7.94. The minimum absolute atomic E-state index is 0.00310. The Hall–Kier alpha value is -1.11. The Morgan fingerprint density at radius 1 is 1.23 bits per heavy atom. The van der Waals surface area contributed by atoms with Crippen LogP contribution in [0.2, 0.25) is 0 Å². The van der Waals surface area contributed by atoms with Crippen LogP contribution in [-0.4, -0.2) is 54.6 Å². The SMILES string of the molecule is OCCN(CCc1ccccc1)C(C1CCCO1)C(F)(F)F. The van der Waals surface area contributed by atoms with Crippen molar-refractivity contribution in [1.82, 2.24) is 4.90 Å². The third kappa shape index (κ3) is 4.69. The van der Waals surface area contributed by atoms with Crippen molar-refractivity contribution in [2.75, 3.05) is 26.3 Å². The molecular weight excluding hydrogens is 295 g/mol. The van der Waals surface area contributed by atoms with Crippen molar-refractivity contribution < 1.29 is 23.0 Å². The van der Waals surface area contributed by atoms with Crippen LogP contribution in [-0.2, 0) is 11.2 Å². The van der Waals surface area contributed by atoms with Crippen LogP contribution in [0.1, 0.15) is 18.4 Å². The summed E-state index contributed by atoms with van der Waals surface area (Å²) in [6, 6.07) is 7.75. The van der Waals surface area contributed by atoms with E-state index in [9.17, 15) is 13.2 Å². The van der Waals surface area contributed by atoms with Crippen molar-refractivity contribution in [2.24, 2.45) is 0 Å². The van der Waals surface area contributed by atoms with E-state index in [0.717, 1.165) is 5.56 Å². The van der Waals surface area contributed by atoms with Gasteiger partial charge in [0.2, 0.25) is 0 Å².